The van der Waals surface area contributed by atoms with Crippen LogP contribution in [-0.4, -0.2) is 82.5 Å². The van der Waals surface area contributed by atoms with Crippen LogP contribution in [0.25, 0.3) is 0 Å². The summed E-state index contributed by atoms with van der Waals surface area (Å²) < 4.78 is 38.7. The molecule has 0 saturated carbocycles. The van der Waals surface area contributed by atoms with Crippen molar-refractivity contribution in [2.24, 2.45) is 5.41 Å². The van der Waals surface area contributed by atoms with Gasteiger partial charge in [-0.05, 0) is 80.3 Å². The number of hydrogen-bond acceptors (Lipinski definition) is 7. The number of benzene rings is 2. The normalized spacial score (nSPS) is 16.8. The fourth-order valence-electron chi connectivity index (χ4n) is 5.83. The molecule has 0 aliphatic carbocycles. The van der Waals surface area contributed by atoms with Gasteiger partial charge in [-0.3, -0.25) is 4.90 Å². The third-order valence-corrected chi connectivity index (χ3v) is 10.4. The van der Waals surface area contributed by atoms with Crippen molar-refractivity contribution in [1.29, 1.82) is 0 Å². The Morgan fingerprint density at radius 1 is 1.10 bits per heavy atom. The minimum absolute atomic E-state index is 0.161. The first kappa shape index (κ1) is 32.5. The molecule has 0 spiro atoms. The molecule has 1 heterocycles. The average Bonchev–Trinajstić information content (AvgIpc) is 2.93. The van der Waals surface area contributed by atoms with Crippen LogP contribution in [0, 0.1) is 19.3 Å². The zero-order valence-electron chi connectivity index (χ0n) is 25.0. The molecule has 40 heavy (non-hydrogen) atoms. The molecule has 2 aromatic carbocycles. The molecule has 0 radical (unpaired) electrons. The number of ether oxygens (including phenoxy) is 2. The SMILES string of the molecule is CCCC1(CCNCc2ccccc2)CCN(C(O)COCCN(C)S(=O)(=O)c2c(C)cc(OC)cc2C)CC1. The van der Waals surface area contributed by atoms with Gasteiger partial charge in [0, 0.05) is 33.2 Å². The quantitative estimate of drug-likeness (QED) is 0.288. The minimum Gasteiger partial charge on any atom is -0.497 e. The second kappa shape index (κ2) is 15.3. The lowest BCUT2D eigenvalue weighted by Gasteiger charge is -2.43. The number of rotatable bonds is 16. The second-order valence-corrected chi connectivity index (χ2v) is 13.2. The van der Waals surface area contributed by atoms with E-state index in [1.165, 1.54) is 16.3 Å². The first-order valence-corrected chi connectivity index (χ1v) is 15.9. The molecule has 1 aliphatic rings. The molecule has 3 rings (SSSR count). The van der Waals surface area contributed by atoms with Crippen LogP contribution in [0.15, 0.2) is 47.4 Å². The van der Waals surface area contributed by atoms with Gasteiger partial charge in [-0.15, -0.1) is 0 Å². The molecule has 0 aromatic heterocycles. The number of nitrogens with zero attached hydrogens (tertiary/aromatic N) is 2. The molecule has 1 saturated heterocycles. The van der Waals surface area contributed by atoms with Crippen molar-refractivity contribution in [1.82, 2.24) is 14.5 Å². The van der Waals surface area contributed by atoms with Crippen LogP contribution in [0.4, 0.5) is 0 Å². The van der Waals surface area contributed by atoms with Crippen LogP contribution < -0.4 is 10.1 Å². The van der Waals surface area contributed by atoms with Crippen LogP contribution in [0.5, 0.6) is 5.75 Å². The molecule has 8 nitrogen and oxygen atoms in total. The Balaban J connectivity index is 1.41. The summed E-state index contributed by atoms with van der Waals surface area (Å²) in [6.07, 6.45) is 4.94. The van der Waals surface area contributed by atoms with Gasteiger partial charge in [0.15, 0.2) is 0 Å². The Kier molecular flexibility index (Phi) is 12.4. The first-order valence-electron chi connectivity index (χ1n) is 14.5. The zero-order valence-corrected chi connectivity index (χ0v) is 25.8. The molecule has 1 aliphatic heterocycles. The predicted molar refractivity (Wildman–Crippen MR) is 160 cm³/mol. The summed E-state index contributed by atoms with van der Waals surface area (Å²) in [5.74, 6) is 0.637. The number of aryl methyl sites for hydroxylation is 2. The Morgan fingerprint density at radius 3 is 2.35 bits per heavy atom. The first-order chi connectivity index (χ1) is 19.1. The molecule has 1 unspecified atom stereocenters. The highest BCUT2D eigenvalue weighted by Gasteiger charge is 2.35. The van der Waals surface area contributed by atoms with Crippen molar-refractivity contribution >= 4 is 10.0 Å². The molecule has 1 atom stereocenters. The van der Waals surface area contributed by atoms with Crippen molar-refractivity contribution in [3.63, 3.8) is 0 Å². The Bertz CT molecular complexity index is 1130. The molecule has 0 amide bonds. The third-order valence-electron chi connectivity index (χ3n) is 8.22. The van der Waals surface area contributed by atoms with E-state index >= 15 is 0 Å². The van der Waals surface area contributed by atoms with Gasteiger partial charge in [-0.2, -0.15) is 4.31 Å². The van der Waals surface area contributed by atoms with Crippen molar-refractivity contribution in [3.05, 3.63) is 59.2 Å². The highest BCUT2D eigenvalue weighted by molar-refractivity contribution is 7.89. The van der Waals surface area contributed by atoms with Gasteiger partial charge in [0.2, 0.25) is 10.0 Å². The van der Waals surface area contributed by atoms with Gasteiger partial charge < -0.3 is 19.9 Å². The fraction of sp³-hybridized carbons (Fsp3) is 0.613. The van der Waals surface area contributed by atoms with Crippen LogP contribution in [0.2, 0.25) is 0 Å². The molecular formula is C31H49N3O5S. The van der Waals surface area contributed by atoms with Crippen LogP contribution in [0.1, 0.15) is 55.7 Å². The monoisotopic (exact) mass is 575 g/mol. The Hall–Kier alpha value is -2.01. The maximum atomic E-state index is 13.2. The van der Waals surface area contributed by atoms with Gasteiger partial charge in [-0.25, -0.2) is 8.42 Å². The maximum absolute atomic E-state index is 13.2. The van der Waals surface area contributed by atoms with E-state index in [9.17, 15) is 13.5 Å². The van der Waals surface area contributed by atoms with E-state index in [0.717, 1.165) is 51.9 Å². The number of methoxy groups -OCH3 is 1. The average molecular weight is 576 g/mol. The number of likely N-dealkylation sites (N-methyl/N-ethyl adjacent to an activating group) is 1. The predicted octanol–water partition coefficient (Wildman–Crippen LogP) is 4.33. The summed E-state index contributed by atoms with van der Waals surface area (Å²) in [4.78, 5) is 2.39. The summed E-state index contributed by atoms with van der Waals surface area (Å²) in [5, 5.41) is 14.4. The lowest BCUT2D eigenvalue weighted by molar-refractivity contribution is -0.0818. The zero-order chi connectivity index (χ0) is 29.2. The van der Waals surface area contributed by atoms with E-state index < -0.39 is 16.3 Å². The van der Waals surface area contributed by atoms with E-state index in [2.05, 4.69) is 41.4 Å². The number of nitrogens with one attached hydrogen (secondary N) is 1. The number of aliphatic hydroxyl groups is 1. The molecular weight excluding hydrogens is 526 g/mol. The van der Waals surface area contributed by atoms with E-state index in [1.807, 2.05) is 6.07 Å². The molecule has 224 valence electrons. The van der Waals surface area contributed by atoms with E-state index in [-0.39, 0.29) is 19.8 Å². The van der Waals surface area contributed by atoms with Crippen molar-refractivity contribution in [3.8, 4) is 5.75 Å². The summed E-state index contributed by atoms with van der Waals surface area (Å²) in [6, 6.07) is 14.0. The number of hydrogen-bond donors (Lipinski definition) is 2. The van der Waals surface area contributed by atoms with E-state index in [0.29, 0.717) is 27.2 Å². The molecule has 1 fully saturated rings. The fourth-order valence-corrected chi connectivity index (χ4v) is 7.39. The number of piperidine rings is 1. The summed E-state index contributed by atoms with van der Waals surface area (Å²) in [7, 11) is -0.543. The lowest BCUT2D eigenvalue weighted by Crippen LogP contribution is -2.47. The van der Waals surface area contributed by atoms with Crippen LogP contribution >= 0.6 is 0 Å². The molecule has 2 N–H and O–H groups in total. The Labute approximate surface area is 241 Å². The Morgan fingerprint density at radius 2 is 1.75 bits per heavy atom. The number of sulfonamides is 1. The molecule has 9 heteroatoms. The van der Waals surface area contributed by atoms with E-state index in [4.69, 9.17) is 9.47 Å². The summed E-state index contributed by atoms with van der Waals surface area (Å²) in [5.41, 5.74) is 2.91. The van der Waals surface area contributed by atoms with Crippen molar-refractivity contribution in [2.45, 2.75) is 70.5 Å². The van der Waals surface area contributed by atoms with Gasteiger partial charge in [-0.1, -0.05) is 43.7 Å². The highest BCUT2D eigenvalue weighted by Crippen LogP contribution is 2.39. The molecule has 0 bridgehead atoms. The lowest BCUT2D eigenvalue weighted by atomic mass is 9.72. The highest BCUT2D eigenvalue weighted by atomic mass is 32.2. The van der Waals surface area contributed by atoms with Gasteiger partial charge in [0.1, 0.15) is 12.0 Å². The standard InChI is InChI=1S/C31H49N3O5S/c1-6-12-31(13-16-32-23-27-10-8-7-9-11-27)14-17-34(18-15-31)29(35)24-39-20-19-33(4)40(36,37)30-25(2)21-28(38-5)22-26(30)3/h7-11,21-22,29,32,35H,6,12-20,23-24H2,1-5H3. The van der Waals surface area contributed by atoms with Crippen molar-refractivity contribution in [2.75, 3.05) is 53.6 Å². The topological polar surface area (TPSA) is 91.3 Å². The minimum atomic E-state index is -3.67. The third kappa shape index (κ3) is 8.74. The van der Waals surface area contributed by atoms with Gasteiger partial charge >= 0.3 is 0 Å². The van der Waals surface area contributed by atoms with Crippen LogP contribution in [-0.2, 0) is 21.3 Å². The maximum Gasteiger partial charge on any atom is 0.243 e. The number of aliphatic hydroxyl groups excluding tert-OH is 1. The largest absolute Gasteiger partial charge is 0.497 e. The smallest absolute Gasteiger partial charge is 0.243 e. The summed E-state index contributed by atoms with van der Waals surface area (Å²) in [6.45, 7) is 9.94. The second-order valence-electron chi connectivity index (χ2n) is 11.2. The molecule has 2 aromatic rings. The van der Waals surface area contributed by atoms with Crippen molar-refractivity contribution < 1.29 is 23.0 Å². The van der Waals surface area contributed by atoms with E-state index in [1.54, 1.807) is 40.1 Å². The van der Waals surface area contributed by atoms with Gasteiger partial charge in [0.25, 0.3) is 0 Å². The van der Waals surface area contributed by atoms with Crippen LogP contribution in [0.3, 0.4) is 0 Å². The summed E-state index contributed by atoms with van der Waals surface area (Å²) >= 11 is 0. The van der Waals surface area contributed by atoms with Gasteiger partial charge in [0.05, 0.1) is 25.2 Å². The number of likely N-dealkylation sites (tertiary alicyclic amines) is 1.